The van der Waals surface area contributed by atoms with Gasteiger partial charge in [-0.1, -0.05) is 25.0 Å². The highest BCUT2D eigenvalue weighted by molar-refractivity contribution is 5.31. The van der Waals surface area contributed by atoms with E-state index in [2.05, 4.69) is 11.4 Å². The largest absolute Gasteiger partial charge is 0.372 e. The third-order valence-corrected chi connectivity index (χ3v) is 3.62. The first-order valence-corrected chi connectivity index (χ1v) is 6.61. The van der Waals surface area contributed by atoms with E-state index < -0.39 is 0 Å². The second kappa shape index (κ2) is 6.53. The lowest BCUT2D eigenvalue weighted by molar-refractivity contribution is -0.00361. The zero-order chi connectivity index (χ0) is 12.8. The van der Waals surface area contributed by atoms with Crippen LogP contribution < -0.4 is 5.32 Å². The average molecular weight is 244 g/mol. The van der Waals surface area contributed by atoms with E-state index in [1.807, 2.05) is 31.3 Å². The number of hydrogen-bond donors (Lipinski definition) is 1. The summed E-state index contributed by atoms with van der Waals surface area (Å²) in [5.41, 5.74) is 1.83. The van der Waals surface area contributed by atoms with Crippen LogP contribution in [0.1, 0.15) is 36.8 Å². The first-order valence-electron chi connectivity index (χ1n) is 6.61. The van der Waals surface area contributed by atoms with Gasteiger partial charge in [0.1, 0.15) is 0 Å². The van der Waals surface area contributed by atoms with Gasteiger partial charge in [0, 0.05) is 6.04 Å². The number of hydrogen-bond acceptors (Lipinski definition) is 3. The average Bonchev–Trinajstić information content (AvgIpc) is 2.46. The molecule has 1 aliphatic carbocycles. The van der Waals surface area contributed by atoms with Crippen LogP contribution in [-0.2, 0) is 11.3 Å². The van der Waals surface area contributed by atoms with E-state index in [0.29, 0.717) is 24.3 Å². The van der Waals surface area contributed by atoms with Crippen molar-refractivity contribution in [2.75, 3.05) is 7.05 Å². The maximum atomic E-state index is 8.74. The highest BCUT2D eigenvalue weighted by Gasteiger charge is 2.24. The van der Waals surface area contributed by atoms with Crippen molar-refractivity contribution < 1.29 is 4.74 Å². The van der Waals surface area contributed by atoms with Crippen LogP contribution in [0.15, 0.2) is 24.3 Å². The summed E-state index contributed by atoms with van der Waals surface area (Å²) in [5.74, 6) is 0. The van der Waals surface area contributed by atoms with Crippen molar-refractivity contribution in [3.63, 3.8) is 0 Å². The summed E-state index contributed by atoms with van der Waals surface area (Å²) in [7, 11) is 2.01. The second-order valence-corrected chi connectivity index (χ2v) is 4.84. The molecule has 1 aromatic carbocycles. The monoisotopic (exact) mass is 244 g/mol. The summed E-state index contributed by atoms with van der Waals surface area (Å²) in [4.78, 5) is 0. The van der Waals surface area contributed by atoms with Crippen LogP contribution in [0.2, 0.25) is 0 Å². The Hall–Kier alpha value is -1.37. The van der Waals surface area contributed by atoms with Crippen LogP contribution >= 0.6 is 0 Å². The molecule has 2 rings (SSSR count). The van der Waals surface area contributed by atoms with Crippen molar-refractivity contribution in [3.05, 3.63) is 35.4 Å². The number of likely N-dealkylation sites (N-methyl/N-ethyl adjacent to an activating group) is 1. The topological polar surface area (TPSA) is 45.0 Å². The Labute approximate surface area is 109 Å². The molecule has 18 heavy (non-hydrogen) atoms. The summed E-state index contributed by atoms with van der Waals surface area (Å²) in [6, 6.07) is 10.2. The maximum Gasteiger partial charge on any atom is 0.0991 e. The van der Waals surface area contributed by atoms with Gasteiger partial charge in [-0.15, -0.1) is 0 Å². The summed E-state index contributed by atoms with van der Waals surface area (Å²) < 4.78 is 6.00. The Morgan fingerprint density at radius 2 is 2.00 bits per heavy atom. The van der Waals surface area contributed by atoms with E-state index >= 15 is 0 Å². The fraction of sp³-hybridized carbons (Fsp3) is 0.533. The lowest BCUT2D eigenvalue weighted by Gasteiger charge is -2.31. The van der Waals surface area contributed by atoms with Crippen molar-refractivity contribution in [1.82, 2.24) is 5.32 Å². The number of ether oxygens (including phenoxy) is 1. The predicted octanol–water partition coefficient (Wildman–Crippen LogP) is 2.61. The van der Waals surface area contributed by atoms with Gasteiger partial charge >= 0.3 is 0 Å². The van der Waals surface area contributed by atoms with Crippen LogP contribution in [0.25, 0.3) is 0 Å². The van der Waals surface area contributed by atoms with E-state index in [4.69, 9.17) is 10.00 Å². The molecule has 0 spiro atoms. The van der Waals surface area contributed by atoms with Crippen molar-refractivity contribution in [1.29, 1.82) is 5.26 Å². The molecule has 1 fully saturated rings. The lowest BCUT2D eigenvalue weighted by Crippen LogP contribution is -2.41. The van der Waals surface area contributed by atoms with Gasteiger partial charge in [-0.2, -0.15) is 5.26 Å². The summed E-state index contributed by atoms with van der Waals surface area (Å²) >= 11 is 0. The summed E-state index contributed by atoms with van der Waals surface area (Å²) in [6.07, 6.45) is 5.22. The summed E-state index contributed by atoms with van der Waals surface area (Å²) in [5, 5.41) is 12.1. The Balaban J connectivity index is 1.87. The fourth-order valence-electron chi connectivity index (χ4n) is 2.51. The zero-order valence-corrected chi connectivity index (χ0v) is 10.9. The molecule has 1 N–H and O–H groups in total. The van der Waals surface area contributed by atoms with Crippen molar-refractivity contribution in [2.24, 2.45) is 0 Å². The highest BCUT2D eigenvalue weighted by atomic mass is 16.5. The fourth-order valence-corrected chi connectivity index (χ4v) is 2.51. The van der Waals surface area contributed by atoms with Crippen LogP contribution in [0.5, 0.6) is 0 Å². The Morgan fingerprint density at radius 1 is 1.28 bits per heavy atom. The molecule has 1 saturated carbocycles. The molecule has 0 saturated heterocycles. The first kappa shape index (κ1) is 13.1. The number of rotatable bonds is 4. The van der Waals surface area contributed by atoms with Gasteiger partial charge in [-0.05, 0) is 37.6 Å². The molecule has 1 aromatic rings. The molecule has 0 aromatic heterocycles. The minimum Gasteiger partial charge on any atom is -0.372 e. The van der Waals surface area contributed by atoms with E-state index in [0.717, 1.165) is 12.0 Å². The zero-order valence-electron chi connectivity index (χ0n) is 10.9. The third kappa shape index (κ3) is 3.32. The standard InChI is InChI=1S/C15H20N2O/c1-17-14-4-2-3-5-15(14)18-11-13-8-6-12(10-16)7-9-13/h6-9,14-15,17H,2-5,11H2,1H3. The van der Waals surface area contributed by atoms with Gasteiger partial charge in [0.2, 0.25) is 0 Å². The Morgan fingerprint density at radius 3 is 2.67 bits per heavy atom. The molecule has 2 unspecified atom stereocenters. The molecule has 3 nitrogen and oxygen atoms in total. The van der Waals surface area contributed by atoms with Gasteiger partial charge in [0.25, 0.3) is 0 Å². The van der Waals surface area contributed by atoms with Gasteiger partial charge in [-0.25, -0.2) is 0 Å². The smallest absolute Gasteiger partial charge is 0.0991 e. The van der Waals surface area contributed by atoms with Gasteiger partial charge in [-0.3, -0.25) is 0 Å². The molecule has 3 heteroatoms. The molecule has 2 atom stereocenters. The van der Waals surface area contributed by atoms with Crippen LogP contribution in [0.4, 0.5) is 0 Å². The Kier molecular flexibility index (Phi) is 4.74. The lowest BCUT2D eigenvalue weighted by atomic mass is 9.92. The number of nitrogens with zero attached hydrogens (tertiary/aromatic N) is 1. The molecule has 0 heterocycles. The van der Waals surface area contributed by atoms with Crippen molar-refractivity contribution in [2.45, 2.75) is 44.4 Å². The minimum absolute atomic E-state index is 0.319. The molecular formula is C15H20N2O. The van der Waals surface area contributed by atoms with Crippen LogP contribution in [0.3, 0.4) is 0 Å². The predicted molar refractivity (Wildman–Crippen MR) is 71.0 cm³/mol. The van der Waals surface area contributed by atoms with Gasteiger partial charge in [0.15, 0.2) is 0 Å². The third-order valence-electron chi connectivity index (χ3n) is 3.62. The first-order chi connectivity index (χ1) is 8.83. The SMILES string of the molecule is CNC1CCCCC1OCc1ccc(C#N)cc1. The molecule has 0 bridgehead atoms. The van der Waals surface area contributed by atoms with E-state index in [9.17, 15) is 0 Å². The van der Waals surface area contributed by atoms with Gasteiger partial charge < -0.3 is 10.1 Å². The molecule has 0 radical (unpaired) electrons. The molecule has 1 aliphatic rings. The minimum atomic E-state index is 0.319. The van der Waals surface area contributed by atoms with Crippen LogP contribution in [-0.4, -0.2) is 19.2 Å². The van der Waals surface area contributed by atoms with E-state index in [1.54, 1.807) is 0 Å². The normalized spacial score (nSPS) is 23.6. The molecule has 0 amide bonds. The molecule has 96 valence electrons. The second-order valence-electron chi connectivity index (χ2n) is 4.84. The summed E-state index contributed by atoms with van der Waals surface area (Å²) in [6.45, 7) is 0.633. The number of benzene rings is 1. The maximum absolute atomic E-state index is 8.74. The number of nitrogens with one attached hydrogen (secondary N) is 1. The highest BCUT2D eigenvalue weighted by Crippen LogP contribution is 2.22. The van der Waals surface area contributed by atoms with E-state index in [-0.39, 0.29) is 0 Å². The Bertz CT molecular complexity index is 407. The van der Waals surface area contributed by atoms with Crippen LogP contribution in [0, 0.1) is 11.3 Å². The number of nitriles is 1. The van der Waals surface area contributed by atoms with Crippen molar-refractivity contribution in [3.8, 4) is 6.07 Å². The van der Waals surface area contributed by atoms with E-state index in [1.165, 1.54) is 19.3 Å². The molecule has 0 aliphatic heterocycles. The van der Waals surface area contributed by atoms with Gasteiger partial charge in [0.05, 0.1) is 24.3 Å². The quantitative estimate of drug-likeness (QED) is 0.885. The molecular weight excluding hydrogens is 224 g/mol. The van der Waals surface area contributed by atoms with Crippen molar-refractivity contribution >= 4 is 0 Å².